The summed E-state index contributed by atoms with van der Waals surface area (Å²) in [6.07, 6.45) is 14.5. The molecule has 0 radical (unpaired) electrons. The molecular weight excluding hydrogens is 361 g/mol. The highest BCUT2D eigenvalue weighted by molar-refractivity contribution is 7.81. The normalized spacial score (nSPS) is 31.3. The van der Waals surface area contributed by atoms with Crippen molar-refractivity contribution in [1.82, 2.24) is 14.7 Å². The minimum absolute atomic E-state index is 0.117. The number of halogens is 1. The number of hydrogen-bond acceptors (Lipinski definition) is 4. The molecule has 2 heterocycles. The van der Waals surface area contributed by atoms with Crippen LogP contribution in [0.4, 0.5) is 4.39 Å². The van der Waals surface area contributed by atoms with Gasteiger partial charge < -0.3 is 0 Å². The Balaban J connectivity index is 1.54. The molecule has 1 saturated heterocycles. The van der Waals surface area contributed by atoms with Gasteiger partial charge in [0.1, 0.15) is 6.17 Å². The predicted octanol–water partition coefficient (Wildman–Crippen LogP) is 3.24. The molecule has 4 rings (SSSR count). The minimum Gasteiger partial charge on any atom is -0.298 e. The van der Waals surface area contributed by atoms with Crippen LogP contribution in [-0.4, -0.2) is 51.0 Å². The van der Waals surface area contributed by atoms with Gasteiger partial charge in [0.15, 0.2) is 5.78 Å². The molecule has 0 aromatic carbocycles. The number of likely N-dealkylation sites (tertiary alicyclic amines) is 1. The number of nitrogens with zero attached hydrogens (tertiary/aromatic N) is 3. The number of alkyl halides is 1. The van der Waals surface area contributed by atoms with Crippen molar-refractivity contribution in [1.29, 1.82) is 0 Å². The Morgan fingerprint density at radius 1 is 1.33 bits per heavy atom. The van der Waals surface area contributed by atoms with Gasteiger partial charge in [-0.15, -0.1) is 0 Å². The molecule has 4 unspecified atom stereocenters. The Morgan fingerprint density at radius 2 is 2.15 bits per heavy atom. The zero-order valence-electron chi connectivity index (χ0n) is 15.3. The van der Waals surface area contributed by atoms with E-state index in [1.807, 2.05) is 29.1 Å². The van der Waals surface area contributed by atoms with Gasteiger partial charge in [-0.25, -0.2) is 4.39 Å². The second-order valence-corrected chi connectivity index (χ2v) is 8.32. The van der Waals surface area contributed by atoms with E-state index in [0.29, 0.717) is 13.1 Å². The molecule has 6 heteroatoms. The van der Waals surface area contributed by atoms with E-state index >= 15 is 0 Å². The van der Waals surface area contributed by atoms with E-state index < -0.39 is 12.1 Å². The van der Waals surface area contributed by atoms with Crippen LogP contribution in [0.15, 0.2) is 54.4 Å². The van der Waals surface area contributed by atoms with Gasteiger partial charge >= 0.3 is 0 Å². The van der Waals surface area contributed by atoms with Crippen LogP contribution < -0.4 is 0 Å². The van der Waals surface area contributed by atoms with E-state index in [0.717, 1.165) is 25.8 Å². The fourth-order valence-corrected chi connectivity index (χ4v) is 4.35. The molecule has 0 N–H and O–H groups in total. The molecule has 2 aliphatic carbocycles. The topological polar surface area (TPSA) is 38.1 Å². The summed E-state index contributed by atoms with van der Waals surface area (Å²) >= 11 is 4.74. The number of rotatable bonds is 6. The maximum atomic E-state index is 14.6. The third kappa shape index (κ3) is 4.27. The van der Waals surface area contributed by atoms with Gasteiger partial charge in [0.2, 0.25) is 0 Å². The molecule has 1 aromatic rings. The summed E-state index contributed by atoms with van der Waals surface area (Å²) in [6, 6.07) is 1.51. The van der Waals surface area contributed by atoms with Gasteiger partial charge in [-0.1, -0.05) is 30.4 Å². The number of ketones is 1. The van der Waals surface area contributed by atoms with E-state index in [4.69, 9.17) is 12.6 Å². The standard InChI is InChI=1S/C21H26FN3OS/c22-18-5-2-1-4-17(18)20(21(26)15-6-7-15)24-12-9-19(27)16(14-24)8-13-25-11-3-10-23-25/h1-5,8,10-11,15,17-20,27H,6-7,9,12-14H2/b16-8+. The highest BCUT2D eigenvalue weighted by Crippen LogP contribution is 2.37. The van der Waals surface area contributed by atoms with E-state index in [1.54, 1.807) is 18.3 Å². The molecule has 0 spiro atoms. The number of piperidine rings is 1. The summed E-state index contributed by atoms with van der Waals surface area (Å²) < 4.78 is 16.5. The van der Waals surface area contributed by atoms with Crippen LogP contribution >= 0.6 is 12.6 Å². The Morgan fingerprint density at radius 3 is 2.85 bits per heavy atom. The van der Waals surface area contributed by atoms with Crippen molar-refractivity contribution in [3.05, 3.63) is 54.4 Å². The van der Waals surface area contributed by atoms with Crippen LogP contribution in [-0.2, 0) is 11.3 Å². The molecule has 1 aromatic heterocycles. The second-order valence-electron chi connectivity index (χ2n) is 7.70. The third-order valence-corrected chi connectivity index (χ3v) is 6.33. The van der Waals surface area contributed by atoms with Crippen LogP contribution in [0.5, 0.6) is 0 Å². The first kappa shape index (κ1) is 18.7. The van der Waals surface area contributed by atoms with Crippen LogP contribution in [0.2, 0.25) is 0 Å². The summed E-state index contributed by atoms with van der Waals surface area (Å²) in [7, 11) is 0. The maximum absolute atomic E-state index is 14.6. The molecule has 1 aliphatic heterocycles. The van der Waals surface area contributed by atoms with Crippen molar-refractivity contribution in [2.24, 2.45) is 11.8 Å². The minimum atomic E-state index is -1.10. The van der Waals surface area contributed by atoms with Gasteiger partial charge in [-0.05, 0) is 30.9 Å². The lowest BCUT2D eigenvalue weighted by molar-refractivity contribution is -0.127. The first-order valence-electron chi connectivity index (χ1n) is 9.75. The Labute approximate surface area is 165 Å². The molecule has 0 bridgehead atoms. The molecule has 0 amide bonds. The van der Waals surface area contributed by atoms with E-state index in [-0.39, 0.29) is 23.0 Å². The number of aromatic nitrogens is 2. The van der Waals surface area contributed by atoms with Crippen LogP contribution in [0.1, 0.15) is 19.3 Å². The van der Waals surface area contributed by atoms with Gasteiger partial charge in [-0.3, -0.25) is 14.4 Å². The monoisotopic (exact) mass is 387 g/mol. The molecule has 144 valence electrons. The van der Waals surface area contributed by atoms with Crippen LogP contribution in [0.3, 0.4) is 0 Å². The lowest BCUT2D eigenvalue weighted by atomic mass is 9.84. The Bertz CT molecular complexity index is 753. The summed E-state index contributed by atoms with van der Waals surface area (Å²) in [6.45, 7) is 2.13. The van der Waals surface area contributed by atoms with Gasteiger partial charge in [0.25, 0.3) is 0 Å². The smallest absolute Gasteiger partial charge is 0.153 e. The van der Waals surface area contributed by atoms with Crippen molar-refractivity contribution in [3.8, 4) is 0 Å². The predicted molar refractivity (Wildman–Crippen MR) is 107 cm³/mol. The molecule has 3 aliphatic rings. The summed E-state index contributed by atoms with van der Waals surface area (Å²) in [5, 5.41) is 4.41. The highest BCUT2D eigenvalue weighted by Gasteiger charge is 2.44. The molecule has 2 fully saturated rings. The lowest BCUT2D eigenvalue weighted by Gasteiger charge is -2.41. The van der Waals surface area contributed by atoms with Crippen LogP contribution in [0, 0.1) is 11.8 Å². The summed E-state index contributed by atoms with van der Waals surface area (Å²) in [4.78, 5) is 15.2. The third-order valence-electron chi connectivity index (χ3n) is 5.74. The van der Waals surface area contributed by atoms with Gasteiger partial charge in [0, 0.05) is 42.6 Å². The first-order chi connectivity index (χ1) is 13.1. The van der Waals surface area contributed by atoms with Gasteiger partial charge in [0.05, 0.1) is 12.6 Å². The average Bonchev–Trinajstić information content (AvgIpc) is 3.39. The number of carbonyl (C=O) groups excluding carboxylic acids is 1. The number of thiol groups is 1. The summed E-state index contributed by atoms with van der Waals surface area (Å²) in [5.74, 6) is -0.0645. The van der Waals surface area contributed by atoms with E-state index in [9.17, 15) is 9.18 Å². The molecule has 27 heavy (non-hydrogen) atoms. The highest BCUT2D eigenvalue weighted by atomic mass is 32.1. The SMILES string of the molecule is O=C(C1CC1)C(C1C=CC=CC1F)N1CCC(S)/C(=C/Cn2cccn2)C1. The fraction of sp³-hybridized carbons (Fsp3) is 0.524. The zero-order valence-corrected chi connectivity index (χ0v) is 16.2. The maximum Gasteiger partial charge on any atom is 0.153 e. The number of Topliss-reactive ketones (excluding diaryl/α,β-unsaturated/α-hetero) is 1. The number of hydrogen-bond donors (Lipinski definition) is 1. The quantitative estimate of drug-likeness (QED) is 0.602. The van der Waals surface area contributed by atoms with E-state index in [2.05, 4.69) is 16.1 Å². The van der Waals surface area contributed by atoms with Crippen molar-refractivity contribution >= 4 is 18.4 Å². The largest absolute Gasteiger partial charge is 0.298 e. The molecule has 4 atom stereocenters. The van der Waals surface area contributed by atoms with Crippen molar-refractivity contribution in [2.45, 2.75) is 43.3 Å². The van der Waals surface area contributed by atoms with Crippen molar-refractivity contribution in [2.75, 3.05) is 13.1 Å². The van der Waals surface area contributed by atoms with E-state index in [1.165, 1.54) is 5.57 Å². The van der Waals surface area contributed by atoms with Crippen molar-refractivity contribution in [3.63, 3.8) is 0 Å². The van der Waals surface area contributed by atoms with Crippen LogP contribution in [0.25, 0.3) is 0 Å². The lowest BCUT2D eigenvalue weighted by Crippen LogP contribution is -2.52. The average molecular weight is 388 g/mol. The first-order valence-corrected chi connectivity index (χ1v) is 10.3. The van der Waals surface area contributed by atoms with Gasteiger partial charge in [-0.2, -0.15) is 17.7 Å². The zero-order chi connectivity index (χ0) is 18.8. The second kappa shape index (κ2) is 8.15. The molecular formula is C21H26FN3OS. The Hall–Kier alpha value is -1.66. The number of carbonyl (C=O) groups is 1. The Kier molecular flexibility index (Phi) is 5.64. The van der Waals surface area contributed by atoms with Crippen molar-refractivity contribution < 1.29 is 9.18 Å². The fourth-order valence-electron chi connectivity index (χ4n) is 4.05. The molecule has 4 nitrogen and oxygen atoms in total. The summed E-state index contributed by atoms with van der Waals surface area (Å²) in [5.41, 5.74) is 1.19. The molecule has 1 saturated carbocycles. The number of allylic oxidation sites excluding steroid dienone is 4.